The number of carbonyl (C=O) groups excluding carboxylic acids is 2. The molecule has 0 aliphatic rings. The molecule has 0 heterocycles. The van der Waals surface area contributed by atoms with Gasteiger partial charge in [-0.25, -0.2) is 9.59 Å². The number of amides is 1. The Kier molecular flexibility index (Phi) is 8.81. The minimum Gasteiger partial charge on any atom is -0.504 e. The van der Waals surface area contributed by atoms with E-state index in [0.717, 1.165) is 6.42 Å². The molecule has 0 aromatic heterocycles. The third-order valence-corrected chi connectivity index (χ3v) is 4.12. The van der Waals surface area contributed by atoms with Crippen LogP contribution in [0.2, 0.25) is 0 Å². The Bertz CT molecular complexity index is 708. The highest BCUT2D eigenvalue weighted by atomic mass is 79.9. The van der Waals surface area contributed by atoms with Gasteiger partial charge in [-0.05, 0) is 50.8 Å². The molecule has 29 heavy (non-hydrogen) atoms. The molecule has 0 aliphatic carbocycles. The highest BCUT2D eigenvalue weighted by molar-refractivity contribution is 9.10. The van der Waals surface area contributed by atoms with Crippen molar-refractivity contribution in [2.24, 2.45) is 5.92 Å². The third kappa shape index (κ3) is 10.4. The SMILES string of the molecule is CC(COC(=O)C(Cc1ccc(O)c(O)c1)NC(=O)OC(C)(C)C)CC(C)(C)Br. The Labute approximate surface area is 180 Å². The van der Waals surface area contributed by atoms with Crippen LogP contribution in [-0.4, -0.2) is 44.8 Å². The fourth-order valence-corrected chi connectivity index (χ4v) is 3.34. The quantitative estimate of drug-likeness (QED) is 0.295. The van der Waals surface area contributed by atoms with E-state index in [2.05, 4.69) is 21.2 Å². The van der Waals surface area contributed by atoms with Crippen molar-refractivity contribution in [1.82, 2.24) is 5.32 Å². The molecule has 0 spiro atoms. The van der Waals surface area contributed by atoms with Gasteiger partial charge in [0.25, 0.3) is 0 Å². The zero-order chi connectivity index (χ0) is 22.4. The van der Waals surface area contributed by atoms with Crippen molar-refractivity contribution in [3.63, 3.8) is 0 Å². The molecule has 3 N–H and O–H groups in total. The molecule has 2 atom stereocenters. The number of nitrogens with one attached hydrogen (secondary N) is 1. The number of benzene rings is 1. The fourth-order valence-electron chi connectivity index (χ4n) is 2.79. The second-order valence-corrected chi connectivity index (χ2v) is 11.0. The Morgan fingerprint density at radius 3 is 2.28 bits per heavy atom. The van der Waals surface area contributed by atoms with Crippen LogP contribution in [-0.2, 0) is 20.7 Å². The Morgan fingerprint density at radius 2 is 1.76 bits per heavy atom. The summed E-state index contributed by atoms with van der Waals surface area (Å²) in [4.78, 5) is 24.8. The van der Waals surface area contributed by atoms with Crippen molar-refractivity contribution < 1.29 is 29.3 Å². The first-order valence-corrected chi connectivity index (χ1v) is 10.3. The van der Waals surface area contributed by atoms with Crippen LogP contribution < -0.4 is 5.32 Å². The monoisotopic (exact) mass is 473 g/mol. The van der Waals surface area contributed by atoms with Crippen molar-refractivity contribution in [3.05, 3.63) is 23.8 Å². The number of phenols is 2. The number of rotatable bonds is 8. The lowest BCUT2D eigenvalue weighted by atomic mass is 9.99. The largest absolute Gasteiger partial charge is 0.504 e. The summed E-state index contributed by atoms with van der Waals surface area (Å²) >= 11 is 3.57. The zero-order valence-electron chi connectivity index (χ0n) is 17.9. The van der Waals surface area contributed by atoms with Crippen LogP contribution in [0.15, 0.2) is 18.2 Å². The van der Waals surface area contributed by atoms with Crippen LogP contribution in [0.1, 0.15) is 53.5 Å². The van der Waals surface area contributed by atoms with E-state index in [1.165, 1.54) is 12.1 Å². The van der Waals surface area contributed by atoms with E-state index in [1.807, 2.05) is 20.8 Å². The van der Waals surface area contributed by atoms with Crippen molar-refractivity contribution in [2.75, 3.05) is 6.61 Å². The van der Waals surface area contributed by atoms with Crippen LogP contribution in [0, 0.1) is 5.92 Å². The molecule has 0 bridgehead atoms. The summed E-state index contributed by atoms with van der Waals surface area (Å²) in [5.41, 5.74) is -0.168. The molecule has 2 unspecified atom stereocenters. The van der Waals surface area contributed by atoms with Crippen LogP contribution in [0.3, 0.4) is 0 Å². The number of hydrogen-bond donors (Lipinski definition) is 3. The topological polar surface area (TPSA) is 105 Å². The van der Waals surface area contributed by atoms with Gasteiger partial charge in [0.2, 0.25) is 0 Å². The number of halogens is 1. The van der Waals surface area contributed by atoms with Gasteiger partial charge in [0.1, 0.15) is 11.6 Å². The fraction of sp³-hybridized carbons (Fsp3) is 0.619. The Hall–Kier alpha value is -1.96. The predicted octanol–water partition coefficient (Wildman–Crippen LogP) is 4.28. The first-order chi connectivity index (χ1) is 13.2. The first-order valence-electron chi connectivity index (χ1n) is 9.52. The van der Waals surface area contributed by atoms with E-state index < -0.39 is 23.7 Å². The maximum atomic E-state index is 12.7. The molecular weight excluding hydrogens is 442 g/mol. The summed E-state index contributed by atoms with van der Waals surface area (Å²) in [5.74, 6) is -1.05. The van der Waals surface area contributed by atoms with Gasteiger partial charge in [-0.2, -0.15) is 0 Å². The molecule has 1 aromatic carbocycles. The standard InChI is InChI=1S/C21H32BrNO6/c1-13(11-21(5,6)22)12-28-18(26)15(23-19(27)29-20(2,3)4)9-14-7-8-16(24)17(25)10-14/h7-8,10,13,15,24-25H,9,11-12H2,1-6H3,(H,23,27). The maximum Gasteiger partial charge on any atom is 0.408 e. The highest BCUT2D eigenvalue weighted by Gasteiger charge is 2.27. The average molecular weight is 474 g/mol. The normalized spacial score (nSPS) is 14.0. The second-order valence-electron chi connectivity index (χ2n) is 8.88. The van der Waals surface area contributed by atoms with E-state index in [9.17, 15) is 19.8 Å². The molecule has 7 nitrogen and oxygen atoms in total. The Balaban J connectivity index is 2.86. The van der Waals surface area contributed by atoms with Crippen molar-refractivity contribution in [2.45, 2.75) is 70.4 Å². The number of ether oxygens (including phenoxy) is 2. The smallest absolute Gasteiger partial charge is 0.408 e. The minimum absolute atomic E-state index is 0.0729. The van der Waals surface area contributed by atoms with Crippen molar-refractivity contribution >= 4 is 28.0 Å². The number of aromatic hydroxyl groups is 2. The van der Waals surface area contributed by atoms with Crippen molar-refractivity contribution in [1.29, 1.82) is 0 Å². The minimum atomic E-state index is -1.00. The summed E-state index contributed by atoms with van der Waals surface area (Å²) in [6.45, 7) is 11.4. The summed E-state index contributed by atoms with van der Waals surface area (Å²) in [6, 6.07) is 3.21. The van der Waals surface area contributed by atoms with Crippen LogP contribution in [0.25, 0.3) is 0 Å². The van der Waals surface area contributed by atoms with Gasteiger partial charge in [0, 0.05) is 10.7 Å². The summed E-state index contributed by atoms with van der Waals surface area (Å²) in [7, 11) is 0. The molecule has 1 aromatic rings. The van der Waals surface area contributed by atoms with Crippen molar-refractivity contribution in [3.8, 4) is 11.5 Å². The second kappa shape index (κ2) is 10.2. The van der Waals surface area contributed by atoms with E-state index in [4.69, 9.17) is 9.47 Å². The molecule has 1 amide bonds. The molecule has 0 radical (unpaired) electrons. The van der Waals surface area contributed by atoms with E-state index in [-0.39, 0.29) is 34.8 Å². The van der Waals surface area contributed by atoms with E-state index in [1.54, 1.807) is 26.8 Å². The van der Waals surface area contributed by atoms with Crippen LogP contribution in [0.5, 0.6) is 11.5 Å². The molecular formula is C21H32BrNO6. The van der Waals surface area contributed by atoms with Gasteiger partial charge in [-0.15, -0.1) is 0 Å². The number of esters is 1. The molecule has 0 saturated heterocycles. The number of carbonyl (C=O) groups is 2. The summed E-state index contributed by atoms with van der Waals surface area (Å²) in [6.07, 6.45) is 0.137. The Morgan fingerprint density at radius 1 is 1.14 bits per heavy atom. The highest BCUT2D eigenvalue weighted by Crippen LogP contribution is 2.26. The average Bonchev–Trinajstić information content (AvgIpc) is 2.52. The molecule has 8 heteroatoms. The molecule has 0 fully saturated rings. The van der Waals surface area contributed by atoms with E-state index >= 15 is 0 Å². The first kappa shape index (κ1) is 25.1. The van der Waals surface area contributed by atoms with Gasteiger partial charge in [0.05, 0.1) is 6.61 Å². The number of hydrogen-bond acceptors (Lipinski definition) is 6. The number of phenolic OH excluding ortho intramolecular Hbond substituents is 2. The van der Waals surface area contributed by atoms with Crippen LogP contribution in [0.4, 0.5) is 4.79 Å². The lowest BCUT2D eigenvalue weighted by Crippen LogP contribution is -2.45. The predicted molar refractivity (Wildman–Crippen MR) is 114 cm³/mol. The molecule has 1 rings (SSSR count). The van der Waals surface area contributed by atoms with Gasteiger partial charge in [-0.1, -0.05) is 42.8 Å². The molecule has 0 aliphatic heterocycles. The van der Waals surface area contributed by atoms with Gasteiger partial charge < -0.3 is 25.0 Å². The third-order valence-electron chi connectivity index (χ3n) is 3.80. The van der Waals surface area contributed by atoms with Gasteiger partial charge in [0.15, 0.2) is 11.5 Å². The number of alkyl halides is 1. The summed E-state index contributed by atoms with van der Waals surface area (Å²) < 4.78 is 10.6. The number of alkyl carbamates (subject to hydrolysis) is 1. The van der Waals surface area contributed by atoms with Crippen LogP contribution >= 0.6 is 15.9 Å². The maximum absolute atomic E-state index is 12.7. The van der Waals surface area contributed by atoms with Gasteiger partial charge in [-0.3, -0.25) is 0 Å². The van der Waals surface area contributed by atoms with Gasteiger partial charge >= 0.3 is 12.1 Å². The van der Waals surface area contributed by atoms with E-state index in [0.29, 0.717) is 5.56 Å². The zero-order valence-corrected chi connectivity index (χ0v) is 19.5. The molecule has 164 valence electrons. The molecule has 0 saturated carbocycles. The lowest BCUT2D eigenvalue weighted by Gasteiger charge is -2.24. The lowest BCUT2D eigenvalue weighted by molar-refractivity contribution is -0.147. The summed E-state index contributed by atoms with van der Waals surface area (Å²) in [5, 5.41) is 21.7.